The Kier molecular flexibility index (Phi) is 6.52. The minimum atomic E-state index is -0.271. The minimum Gasteiger partial charge on any atom is -0.396 e. The highest BCUT2D eigenvalue weighted by Crippen LogP contribution is 2.24. The van der Waals surface area contributed by atoms with Crippen LogP contribution in [0.3, 0.4) is 0 Å². The molecule has 9 nitrogen and oxygen atoms in total. The van der Waals surface area contributed by atoms with Gasteiger partial charge in [0.2, 0.25) is 0 Å². The third-order valence-corrected chi connectivity index (χ3v) is 4.69. The maximum atomic E-state index is 13.5. The summed E-state index contributed by atoms with van der Waals surface area (Å²) in [7, 11) is 0. The normalized spacial score (nSPS) is 11.3. The van der Waals surface area contributed by atoms with Crippen LogP contribution in [-0.4, -0.2) is 44.3 Å². The standard InChI is InChI=1S/C22H22FN7O2/c23-17-4-1-3-15(9-17)13-30-20-6-5-18(10-16(20)11-27-30)29-22-19(21(24)25-14-26-22)12-28-32-8-2-7-31/h1,3-6,9-12,14,31H,2,7-8,13H2,(H3,24,25,26,29). The number of benzene rings is 2. The third-order valence-electron chi connectivity index (χ3n) is 4.69. The number of anilines is 3. The van der Waals surface area contributed by atoms with E-state index < -0.39 is 0 Å². The van der Waals surface area contributed by atoms with E-state index in [2.05, 4.69) is 25.5 Å². The van der Waals surface area contributed by atoms with Crippen molar-refractivity contribution in [3.8, 4) is 0 Å². The summed E-state index contributed by atoms with van der Waals surface area (Å²) >= 11 is 0. The molecule has 0 aliphatic carbocycles. The number of nitrogens with zero attached hydrogens (tertiary/aromatic N) is 5. The fourth-order valence-corrected chi connectivity index (χ4v) is 3.14. The van der Waals surface area contributed by atoms with Gasteiger partial charge in [-0.05, 0) is 35.9 Å². The molecule has 4 rings (SSSR count). The number of aliphatic hydroxyl groups is 1. The maximum Gasteiger partial charge on any atom is 0.144 e. The lowest BCUT2D eigenvalue weighted by atomic mass is 10.2. The van der Waals surface area contributed by atoms with E-state index in [1.54, 1.807) is 12.3 Å². The Morgan fingerprint density at radius 2 is 2.12 bits per heavy atom. The first kappa shape index (κ1) is 21.2. The third kappa shape index (κ3) is 4.98. The molecule has 0 bridgehead atoms. The molecule has 0 amide bonds. The van der Waals surface area contributed by atoms with E-state index in [0.717, 1.165) is 22.2 Å². The molecule has 2 heterocycles. The van der Waals surface area contributed by atoms with Gasteiger partial charge in [-0.1, -0.05) is 17.3 Å². The summed E-state index contributed by atoms with van der Waals surface area (Å²) in [5, 5.41) is 21.2. The summed E-state index contributed by atoms with van der Waals surface area (Å²) in [6.07, 6.45) is 5.03. The van der Waals surface area contributed by atoms with Crippen molar-refractivity contribution < 1.29 is 14.3 Å². The van der Waals surface area contributed by atoms with Crippen LogP contribution in [0.2, 0.25) is 0 Å². The Bertz CT molecular complexity index is 1240. The predicted octanol–water partition coefficient (Wildman–Crippen LogP) is 3.07. The zero-order valence-corrected chi connectivity index (χ0v) is 17.1. The number of fused-ring (bicyclic) bond motifs is 1. The second kappa shape index (κ2) is 9.84. The van der Waals surface area contributed by atoms with Gasteiger partial charge < -0.3 is 21.0 Å². The number of nitrogen functional groups attached to an aromatic ring is 1. The van der Waals surface area contributed by atoms with Gasteiger partial charge in [-0.25, -0.2) is 14.4 Å². The van der Waals surface area contributed by atoms with Crippen LogP contribution in [0.1, 0.15) is 17.5 Å². The van der Waals surface area contributed by atoms with Crippen LogP contribution in [-0.2, 0) is 11.4 Å². The van der Waals surface area contributed by atoms with E-state index in [4.69, 9.17) is 15.7 Å². The van der Waals surface area contributed by atoms with Gasteiger partial charge in [0.05, 0.1) is 30.0 Å². The van der Waals surface area contributed by atoms with Crippen LogP contribution >= 0.6 is 0 Å². The summed E-state index contributed by atoms with van der Waals surface area (Å²) < 4.78 is 15.3. The van der Waals surface area contributed by atoms with Gasteiger partial charge in [0.25, 0.3) is 0 Å². The first-order chi connectivity index (χ1) is 15.6. The van der Waals surface area contributed by atoms with E-state index in [1.807, 2.05) is 28.9 Å². The van der Waals surface area contributed by atoms with Gasteiger partial charge in [0, 0.05) is 24.1 Å². The molecule has 0 aliphatic rings. The molecule has 0 atom stereocenters. The van der Waals surface area contributed by atoms with Crippen molar-refractivity contribution in [3.63, 3.8) is 0 Å². The molecule has 0 saturated heterocycles. The van der Waals surface area contributed by atoms with Crippen molar-refractivity contribution in [2.24, 2.45) is 5.16 Å². The van der Waals surface area contributed by atoms with Crippen LogP contribution in [0.15, 0.2) is 60.1 Å². The molecule has 4 aromatic rings. The number of aromatic nitrogens is 4. The van der Waals surface area contributed by atoms with Crippen molar-refractivity contribution >= 4 is 34.4 Å². The van der Waals surface area contributed by atoms with Crippen molar-refractivity contribution in [1.82, 2.24) is 19.7 Å². The summed E-state index contributed by atoms with van der Waals surface area (Å²) in [6.45, 7) is 0.785. The molecular formula is C22H22FN7O2. The van der Waals surface area contributed by atoms with Gasteiger partial charge in [-0.2, -0.15) is 5.10 Å². The maximum absolute atomic E-state index is 13.5. The monoisotopic (exact) mass is 435 g/mol. The molecule has 0 aliphatic heterocycles. The van der Waals surface area contributed by atoms with Gasteiger partial charge in [-0.3, -0.25) is 4.68 Å². The fraction of sp³-hybridized carbons (Fsp3) is 0.182. The average molecular weight is 435 g/mol. The number of oxime groups is 1. The van der Waals surface area contributed by atoms with E-state index >= 15 is 0 Å². The number of rotatable bonds is 9. The average Bonchev–Trinajstić information content (AvgIpc) is 3.17. The highest BCUT2D eigenvalue weighted by atomic mass is 19.1. The molecule has 0 fully saturated rings. The van der Waals surface area contributed by atoms with Crippen LogP contribution in [0.4, 0.5) is 21.7 Å². The number of nitrogens with one attached hydrogen (secondary N) is 1. The molecule has 0 saturated carbocycles. The molecule has 2 aromatic heterocycles. The Labute approximate surface area is 183 Å². The molecule has 4 N–H and O–H groups in total. The fourth-order valence-electron chi connectivity index (χ4n) is 3.14. The Morgan fingerprint density at radius 1 is 1.22 bits per heavy atom. The van der Waals surface area contributed by atoms with E-state index in [9.17, 15) is 4.39 Å². The minimum absolute atomic E-state index is 0.0280. The first-order valence-corrected chi connectivity index (χ1v) is 9.98. The quantitative estimate of drug-likeness (QED) is 0.210. The lowest BCUT2D eigenvalue weighted by molar-refractivity contribution is 0.125. The largest absolute Gasteiger partial charge is 0.396 e. The van der Waals surface area contributed by atoms with Crippen LogP contribution in [0.5, 0.6) is 0 Å². The first-order valence-electron chi connectivity index (χ1n) is 9.98. The van der Waals surface area contributed by atoms with Gasteiger partial charge in [-0.15, -0.1) is 0 Å². The second-order valence-corrected chi connectivity index (χ2v) is 7.00. The number of halogens is 1. The van der Waals surface area contributed by atoms with Gasteiger partial charge in [0.1, 0.15) is 30.4 Å². The number of hydrogen-bond donors (Lipinski definition) is 3. The Hall–Kier alpha value is -4.05. The van der Waals surface area contributed by atoms with Crippen molar-refractivity contribution in [2.75, 3.05) is 24.3 Å². The molecule has 2 aromatic carbocycles. The van der Waals surface area contributed by atoms with Crippen molar-refractivity contribution in [2.45, 2.75) is 13.0 Å². The highest BCUT2D eigenvalue weighted by molar-refractivity contribution is 5.93. The van der Waals surface area contributed by atoms with Gasteiger partial charge >= 0.3 is 0 Å². The van der Waals surface area contributed by atoms with E-state index in [0.29, 0.717) is 31.0 Å². The zero-order valence-electron chi connectivity index (χ0n) is 17.1. The zero-order chi connectivity index (χ0) is 22.3. The summed E-state index contributed by atoms with van der Waals surface area (Å²) in [5.74, 6) is 0.451. The summed E-state index contributed by atoms with van der Waals surface area (Å²) in [4.78, 5) is 13.3. The Morgan fingerprint density at radius 3 is 2.97 bits per heavy atom. The molecule has 164 valence electrons. The summed E-state index contributed by atoms with van der Waals surface area (Å²) in [6, 6.07) is 12.2. The number of aliphatic hydroxyl groups excluding tert-OH is 1. The SMILES string of the molecule is Nc1ncnc(Nc2ccc3c(cnn3Cc3cccc(F)c3)c2)c1C=NOCCCO. The van der Waals surface area contributed by atoms with Gasteiger partial charge in [0.15, 0.2) is 0 Å². The second-order valence-electron chi connectivity index (χ2n) is 7.00. The topological polar surface area (TPSA) is 123 Å². The van der Waals surface area contributed by atoms with Crippen molar-refractivity contribution in [3.05, 3.63) is 71.9 Å². The lowest BCUT2D eigenvalue weighted by Crippen LogP contribution is -2.05. The van der Waals surface area contributed by atoms with Crippen LogP contribution in [0, 0.1) is 5.82 Å². The summed E-state index contributed by atoms with van der Waals surface area (Å²) in [5.41, 5.74) is 8.99. The number of nitrogens with two attached hydrogens (primary N) is 1. The van der Waals surface area contributed by atoms with E-state index in [-0.39, 0.29) is 18.2 Å². The van der Waals surface area contributed by atoms with Crippen LogP contribution < -0.4 is 11.1 Å². The predicted molar refractivity (Wildman–Crippen MR) is 120 cm³/mol. The molecule has 0 unspecified atom stereocenters. The highest BCUT2D eigenvalue weighted by Gasteiger charge is 2.10. The van der Waals surface area contributed by atoms with Crippen molar-refractivity contribution in [1.29, 1.82) is 0 Å². The Balaban J connectivity index is 1.53. The van der Waals surface area contributed by atoms with E-state index in [1.165, 1.54) is 24.7 Å². The molecule has 10 heteroatoms. The lowest BCUT2D eigenvalue weighted by Gasteiger charge is -2.10. The molecule has 0 radical (unpaired) electrons. The smallest absolute Gasteiger partial charge is 0.144 e. The molecule has 0 spiro atoms. The molecule has 32 heavy (non-hydrogen) atoms. The molecular weight excluding hydrogens is 413 g/mol. The van der Waals surface area contributed by atoms with Crippen LogP contribution in [0.25, 0.3) is 10.9 Å². The number of hydrogen-bond acceptors (Lipinski definition) is 8.